The third kappa shape index (κ3) is 2.52. The summed E-state index contributed by atoms with van der Waals surface area (Å²) in [4.78, 5) is 0. The van der Waals surface area contributed by atoms with Gasteiger partial charge in [-0.3, -0.25) is 0 Å². The number of rotatable bonds is 3. The second kappa shape index (κ2) is 5.22. The molecule has 0 aliphatic carbocycles. The summed E-state index contributed by atoms with van der Waals surface area (Å²) in [7, 11) is 0. The Bertz CT molecular complexity index is 744. The van der Waals surface area contributed by atoms with Gasteiger partial charge < -0.3 is 9.15 Å². The number of fused-ring (bicyclic) bond motifs is 1. The normalized spacial score (nSPS) is 11.2. The molecule has 3 aromatic rings. The molecule has 0 aliphatic rings. The van der Waals surface area contributed by atoms with Crippen molar-refractivity contribution in [1.82, 2.24) is 0 Å². The maximum atomic E-state index is 5.92. The second-order valence-corrected chi connectivity index (χ2v) is 5.36. The van der Waals surface area contributed by atoms with Crippen molar-refractivity contribution in [3.8, 4) is 11.5 Å². The number of para-hydroxylation sites is 1. The Kier molecular flexibility index (Phi) is 3.41. The molecule has 0 fully saturated rings. The van der Waals surface area contributed by atoms with Gasteiger partial charge in [-0.15, -0.1) is 0 Å². The van der Waals surface area contributed by atoms with Crippen molar-refractivity contribution in [2.45, 2.75) is 19.8 Å². The van der Waals surface area contributed by atoms with Gasteiger partial charge in [-0.05, 0) is 24.3 Å². The summed E-state index contributed by atoms with van der Waals surface area (Å²) in [6, 6.07) is 16.1. The molecule has 0 bridgehead atoms. The Balaban J connectivity index is 2.03. The molecule has 0 atom stereocenters. The molecular formula is C17H14ClO2. The van der Waals surface area contributed by atoms with Gasteiger partial charge in [0.25, 0.3) is 0 Å². The molecular weight excluding hydrogens is 272 g/mol. The number of furan rings is 1. The maximum Gasteiger partial charge on any atom is 0.176 e. The number of benzene rings is 2. The first-order chi connectivity index (χ1) is 9.63. The van der Waals surface area contributed by atoms with Crippen molar-refractivity contribution in [3.63, 3.8) is 0 Å². The molecule has 2 nitrogen and oxygen atoms in total. The van der Waals surface area contributed by atoms with Crippen LogP contribution >= 0.6 is 11.6 Å². The van der Waals surface area contributed by atoms with Gasteiger partial charge in [0.2, 0.25) is 0 Å². The minimum absolute atomic E-state index is 0.344. The summed E-state index contributed by atoms with van der Waals surface area (Å²) in [5.74, 6) is 2.66. The lowest BCUT2D eigenvalue weighted by molar-refractivity contribution is 0.460. The van der Waals surface area contributed by atoms with Crippen LogP contribution in [0.1, 0.15) is 25.5 Å². The third-order valence-corrected chi connectivity index (χ3v) is 3.28. The van der Waals surface area contributed by atoms with Gasteiger partial charge in [0.15, 0.2) is 11.3 Å². The summed E-state index contributed by atoms with van der Waals surface area (Å²) >= 11 is 5.92. The summed E-state index contributed by atoms with van der Waals surface area (Å²) < 4.78 is 11.8. The van der Waals surface area contributed by atoms with Crippen LogP contribution in [0.2, 0.25) is 5.02 Å². The SMILES string of the molecule is CC(C)c1cc2cccc(Oc3cc[c]c(Cl)c3)c2o1. The number of hydrogen-bond donors (Lipinski definition) is 0. The van der Waals surface area contributed by atoms with E-state index in [-0.39, 0.29) is 0 Å². The minimum Gasteiger partial charge on any atom is -0.457 e. The van der Waals surface area contributed by atoms with Gasteiger partial charge in [0.05, 0.1) is 5.02 Å². The Morgan fingerprint density at radius 2 is 2.05 bits per heavy atom. The molecule has 1 aromatic heterocycles. The van der Waals surface area contributed by atoms with Crippen molar-refractivity contribution in [3.05, 3.63) is 59.3 Å². The smallest absolute Gasteiger partial charge is 0.176 e. The minimum atomic E-state index is 0.344. The first-order valence-electron chi connectivity index (χ1n) is 6.51. The Labute approximate surface area is 122 Å². The lowest BCUT2D eigenvalue weighted by Crippen LogP contribution is -1.84. The quantitative estimate of drug-likeness (QED) is 0.606. The first kappa shape index (κ1) is 13.1. The van der Waals surface area contributed by atoms with Crippen molar-refractivity contribution in [2.24, 2.45) is 0 Å². The fraction of sp³-hybridized carbons (Fsp3) is 0.176. The maximum absolute atomic E-state index is 5.92. The molecule has 0 saturated heterocycles. The van der Waals surface area contributed by atoms with E-state index in [1.807, 2.05) is 24.3 Å². The predicted octanol–water partition coefficient (Wildman–Crippen LogP) is 5.80. The topological polar surface area (TPSA) is 22.4 Å². The van der Waals surface area contributed by atoms with Crippen LogP contribution in [0.5, 0.6) is 11.5 Å². The largest absolute Gasteiger partial charge is 0.457 e. The zero-order chi connectivity index (χ0) is 14.1. The first-order valence-corrected chi connectivity index (χ1v) is 6.89. The van der Waals surface area contributed by atoms with E-state index in [0.717, 1.165) is 16.7 Å². The Hall–Kier alpha value is -1.93. The number of ether oxygens (including phenoxy) is 1. The van der Waals surface area contributed by atoms with E-state index in [0.29, 0.717) is 22.4 Å². The highest BCUT2D eigenvalue weighted by Crippen LogP contribution is 2.34. The van der Waals surface area contributed by atoms with Gasteiger partial charge in [0.1, 0.15) is 11.5 Å². The van der Waals surface area contributed by atoms with Crippen LogP contribution in [0.3, 0.4) is 0 Å². The lowest BCUT2D eigenvalue weighted by Gasteiger charge is -2.06. The Morgan fingerprint density at radius 1 is 1.20 bits per heavy atom. The highest BCUT2D eigenvalue weighted by Gasteiger charge is 2.12. The van der Waals surface area contributed by atoms with Crippen LogP contribution in [-0.2, 0) is 0 Å². The van der Waals surface area contributed by atoms with Crippen molar-refractivity contribution >= 4 is 22.6 Å². The molecule has 1 radical (unpaired) electrons. The lowest BCUT2D eigenvalue weighted by atomic mass is 10.1. The zero-order valence-electron chi connectivity index (χ0n) is 11.3. The molecule has 101 valence electrons. The molecule has 0 saturated carbocycles. The monoisotopic (exact) mass is 285 g/mol. The molecule has 2 aromatic carbocycles. The molecule has 0 unspecified atom stereocenters. The number of hydrogen-bond acceptors (Lipinski definition) is 2. The summed E-state index contributed by atoms with van der Waals surface area (Å²) in [5, 5.41) is 1.57. The van der Waals surface area contributed by atoms with Crippen LogP contribution in [0, 0.1) is 6.07 Å². The van der Waals surface area contributed by atoms with Gasteiger partial charge in [0, 0.05) is 23.4 Å². The van der Waals surface area contributed by atoms with Crippen LogP contribution in [0.4, 0.5) is 0 Å². The fourth-order valence-corrected chi connectivity index (χ4v) is 2.20. The van der Waals surface area contributed by atoms with Crippen LogP contribution in [0.15, 0.2) is 46.9 Å². The molecule has 0 amide bonds. The molecule has 3 rings (SSSR count). The van der Waals surface area contributed by atoms with Gasteiger partial charge >= 0.3 is 0 Å². The fourth-order valence-electron chi connectivity index (χ4n) is 2.03. The molecule has 1 heterocycles. The third-order valence-electron chi connectivity index (χ3n) is 3.06. The van der Waals surface area contributed by atoms with E-state index in [1.54, 1.807) is 12.1 Å². The van der Waals surface area contributed by atoms with E-state index in [4.69, 9.17) is 20.8 Å². The van der Waals surface area contributed by atoms with Gasteiger partial charge in [-0.1, -0.05) is 37.6 Å². The van der Waals surface area contributed by atoms with Gasteiger partial charge in [-0.2, -0.15) is 0 Å². The highest BCUT2D eigenvalue weighted by atomic mass is 35.5. The standard InChI is InChI=1S/C17H14ClO2/c1-11(2)16-9-12-5-3-8-15(17(12)20-16)19-14-7-4-6-13(18)10-14/h3-5,7-11H,1-2H3. The van der Waals surface area contributed by atoms with E-state index >= 15 is 0 Å². The number of halogens is 1. The summed E-state index contributed by atoms with van der Waals surface area (Å²) in [5.41, 5.74) is 0.764. The van der Waals surface area contributed by atoms with Crippen molar-refractivity contribution in [2.75, 3.05) is 0 Å². The van der Waals surface area contributed by atoms with E-state index in [1.165, 1.54) is 0 Å². The average Bonchev–Trinajstić information content (AvgIpc) is 2.84. The highest BCUT2D eigenvalue weighted by molar-refractivity contribution is 6.30. The van der Waals surface area contributed by atoms with Crippen molar-refractivity contribution < 1.29 is 9.15 Å². The second-order valence-electron chi connectivity index (χ2n) is 4.95. The molecule has 0 spiro atoms. The van der Waals surface area contributed by atoms with E-state index in [9.17, 15) is 0 Å². The zero-order valence-corrected chi connectivity index (χ0v) is 12.1. The van der Waals surface area contributed by atoms with E-state index in [2.05, 4.69) is 26.0 Å². The van der Waals surface area contributed by atoms with Crippen LogP contribution in [0.25, 0.3) is 11.0 Å². The molecule has 3 heteroatoms. The van der Waals surface area contributed by atoms with E-state index < -0.39 is 0 Å². The summed E-state index contributed by atoms with van der Waals surface area (Å²) in [6.45, 7) is 4.20. The Morgan fingerprint density at radius 3 is 2.80 bits per heavy atom. The van der Waals surface area contributed by atoms with Crippen LogP contribution in [-0.4, -0.2) is 0 Å². The molecule has 20 heavy (non-hydrogen) atoms. The summed E-state index contributed by atoms with van der Waals surface area (Å²) in [6.07, 6.45) is 0. The predicted molar refractivity (Wildman–Crippen MR) is 80.7 cm³/mol. The van der Waals surface area contributed by atoms with Crippen LogP contribution < -0.4 is 4.74 Å². The van der Waals surface area contributed by atoms with Crippen molar-refractivity contribution in [1.29, 1.82) is 0 Å². The van der Waals surface area contributed by atoms with Gasteiger partial charge in [-0.25, -0.2) is 0 Å². The molecule has 0 aliphatic heterocycles. The average molecular weight is 286 g/mol. The molecule has 0 N–H and O–H groups in total.